The van der Waals surface area contributed by atoms with Crippen LogP contribution in [0.25, 0.3) is 0 Å². The van der Waals surface area contributed by atoms with Crippen LogP contribution >= 0.6 is 0 Å². The highest BCUT2D eigenvalue weighted by Crippen LogP contribution is 2.37. The standard InChI is InChI=1S/C20H21N3O3/c24-17(22-15-10-11-15)9-5-13-23-19-16(8-4-12-21-19)26-18(20(23)25)14-6-2-1-3-7-14/h1-4,6-8,12,15,18H,5,9-11,13H2,(H,22,24)/t18-/m1/s1. The van der Waals surface area contributed by atoms with E-state index >= 15 is 0 Å². The summed E-state index contributed by atoms with van der Waals surface area (Å²) in [5.74, 6) is 1.01. The highest BCUT2D eigenvalue weighted by Gasteiger charge is 2.36. The lowest BCUT2D eigenvalue weighted by Gasteiger charge is -2.33. The number of nitrogens with one attached hydrogen (secondary N) is 1. The number of anilines is 1. The van der Waals surface area contributed by atoms with Gasteiger partial charge in [0.1, 0.15) is 0 Å². The summed E-state index contributed by atoms with van der Waals surface area (Å²) in [6, 6.07) is 13.4. The number of ether oxygens (including phenoxy) is 1. The number of pyridine rings is 1. The SMILES string of the molecule is O=C(CCCN1C(=O)[C@@H](c2ccccc2)Oc2cccnc21)NC1CC1. The van der Waals surface area contributed by atoms with E-state index in [1.54, 1.807) is 17.2 Å². The van der Waals surface area contributed by atoms with Gasteiger partial charge in [0.25, 0.3) is 5.91 Å². The van der Waals surface area contributed by atoms with Crippen molar-refractivity contribution in [2.75, 3.05) is 11.4 Å². The summed E-state index contributed by atoms with van der Waals surface area (Å²) in [4.78, 5) is 30.9. The lowest BCUT2D eigenvalue weighted by Crippen LogP contribution is -2.42. The number of carbonyl (C=O) groups is 2. The number of fused-ring (bicyclic) bond motifs is 1. The number of rotatable bonds is 6. The first-order valence-electron chi connectivity index (χ1n) is 9.00. The van der Waals surface area contributed by atoms with Crippen LogP contribution in [0.4, 0.5) is 5.82 Å². The summed E-state index contributed by atoms with van der Waals surface area (Å²) in [6.07, 6.45) is 4.09. The minimum Gasteiger partial charge on any atom is -0.472 e. The lowest BCUT2D eigenvalue weighted by atomic mass is 10.1. The number of aromatic nitrogens is 1. The van der Waals surface area contributed by atoms with Crippen LogP contribution in [0, 0.1) is 0 Å². The second kappa shape index (κ2) is 7.15. The third-order valence-corrected chi connectivity index (χ3v) is 4.57. The molecule has 1 aromatic heterocycles. The molecule has 1 aromatic carbocycles. The van der Waals surface area contributed by atoms with Crippen molar-refractivity contribution in [2.45, 2.75) is 37.8 Å². The Morgan fingerprint density at radius 1 is 1.19 bits per heavy atom. The molecule has 4 rings (SSSR count). The molecule has 134 valence electrons. The van der Waals surface area contributed by atoms with Gasteiger partial charge in [-0.15, -0.1) is 0 Å². The number of carbonyl (C=O) groups excluding carboxylic acids is 2. The van der Waals surface area contributed by atoms with Crippen molar-refractivity contribution in [1.82, 2.24) is 10.3 Å². The second-order valence-corrected chi connectivity index (χ2v) is 6.67. The third kappa shape index (κ3) is 3.54. The van der Waals surface area contributed by atoms with Crippen molar-refractivity contribution in [3.05, 3.63) is 54.2 Å². The van der Waals surface area contributed by atoms with Crippen molar-refractivity contribution < 1.29 is 14.3 Å². The number of nitrogens with zero attached hydrogens (tertiary/aromatic N) is 2. The molecule has 6 heteroatoms. The molecule has 1 fully saturated rings. The molecule has 0 radical (unpaired) electrons. The van der Waals surface area contributed by atoms with E-state index in [1.165, 1.54) is 0 Å². The van der Waals surface area contributed by atoms with Crippen molar-refractivity contribution >= 4 is 17.6 Å². The van der Waals surface area contributed by atoms with E-state index in [2.05, 4.69) is 10.3 Å². The van der Waals surface area contributed by atoms with Crippen molar-refractivity contribution in [2.24, 2.45) is 0 Å². The molecular weight excluding hydrogens is 330 g/mol. The summed E-state index contributed by atoms with van der Waals surface area (Å²) in [5.41, 5.74) is 0.809. The Morgan fingerprint density at radius 3 is 2.77 bits per heavy atom. The van der Waals surface area contributed by atoms with E-state index in [9.17, 15) is 9.59 Å². The number of benzene rings is 1. The Bertz CT molecular complexity index is 805. The highest BCUT2D eigenvalue weighted by molar-refractivity contribution is 5.99. The Hall–Kier alpha value is -2.89. The van der Waals surface area contributed by atoms with Gasteiger partial charge in [-0.2, -0.15) is 0 Å². The number of hydrogen-bond donors (Lipinski definition) is 1. The molecule has 6 nitrogen and oxygen atoms in total. The Labute approximate surface area is 152 Å². The zero-order valence-corrected chi connectivity index (χ0v) is 14.4. The summed E-state index contributed by atoms with van der Waals surface area (Å²) in [6.45, 7) is 0.438. The molecular formula is C20H21N3O3. The van der Waals surface area contributed by atoms with Crippen LogP contribution in [-0.2, 0) is 9.59 Å². The summed E-state index contributed by atoms with van der Waals surface area (Å²) in [7, 11) is 0. The Morgan fingerprint density at radius 2 is 2.00 bits per heavy atom. The van der Waals surface area contributed by atoms with Crippen LogP contribution < -0.4 is 15.0 Å². The van der Waals surface area contributed by atoms with Crippen molar-refractivity contribution in [3.8, 4) is 5.75 Å². The zero-order valence-electron chi connectivity index (χ0n) is 14.4. The summed E-state index contributed by atoms with van der Waals surface area (Å²) < 4.78 is 5.92. The maximum atomic E-state index is 13.0. The maximum Gasteiger partial charge on any atom is 0.274 e. The van der Waals surface area contributed by atoms with Gasteiger partial charge < -0.3 is 10.1 Å². The predicted molar refractivity (Wildman–Crippen MR) is 96.8 cm³/mol. The molecule has 1 saturated carbocycles. The molecule has 1 aliphatic carbocycles. The fourth-order valence-corrected chi connectivity index (χ4v) is 3.08. The van der Waals surface area contributed by atoms with Gasteiger partial charge in [-0.05, 0) is 31.4 Å². The molecule has 1 N–H and O–H groups in total. The lowest BCUT2D eigenvalue weighted by molar-refractivity contribution is -0.127. The quantitative estimate of drug-likeness (QED) is 0.868. The molecule has 0 bridgehead atoms. The average molecular weight is 351 g/mol. The van der Waals surface area contributed by atoms with Crippen LogP contribution in [-0.4, -0.2) is 29.4 Å². The third-order valence-electron chi connectivity index (χ3n) is 4.57. The van der Waals surface area contributed by atoms with E-state index in [-0.39, 0.29) is 11.8 Å². The molecule has 2 aliphatic rings. The first-order chi connectivity index (χ1) is 12.7. The van der Waals surface area contributed by atoms with Crippen LogP contribution in [0.3, 0.4) is 0 Å². The summed E-state index contributed by atoms with van der Waals surface area (Å²) in [5, 5.41) is 2.97. The van der Waals surface area contributed by atoms with Gasteiger partial charge in [0.15, 0.2) is 11.6 Å². The first kappa shape index (κ1) is 16.6. The normalized spacial score (nSPS) is 18.8. The summed E-state index contributed by atoms with van der Waals surface area (Å²) >= 11 is 0. The molecule has 0 unspecified atom stereocenters. The van der Waals surface area contributed by atoms with E-state index in [0.717, 1.165) is 18.4 Å². The minimum absolute atomic E-state index is 0.0501. The molecule has 26 heavy (non-hydrogen) atoms. The largest absolute Gasteiger partial charge is 0.472 e. The molecule has 0 spiro atoms. The second-order valence-electron chi connectivity index (χ2n) is 6.67. The number of amides is 2. The highest BCUT2D eigenvalue weighted by atomic mass is 16.5. The molecule has 1 aliphatic heterocycles. The van der Waals surface area contributed by atoms with Crippen LogP contribution in [0.5, 0.6) is 5.75 Å². The van der Waals surface area contributed by atoms with Crippen LogP contribution in [0.15, 0.2) is 48.7 Å². The smallest absolute Gasteiger partial charge is 0.274 e. The van der Waals surface area contributed by atoms with Gasteiger partial charge >= 0.3 is 0 Å². The van der Waals surface area contributed by atoms with E-state index in [1.807, 2.05) is 36.4 Å². The maximum absolute atomic E-state index is 13.0. The van der Waals surface area contributed by atoms with E-state index < -0.39 is 6.10 Å². The Kier molecular flexibility index (Phi) is 4.56. The zero-order chi connectivity index (χ0) is 17.9. The average Bonchev–Trinajstić information content (AvgIpc) is 3.48. The van der Waals surface area contributed by atoms with E-state index in [0.29, 0.717) is 37.0 Å². The first-order valence-corrected chi connectivity index (χ1v) is 9.00. The minimum atomic E-state index is -0.687. The fourth-order valence-electron chi connectivity index (χ4n) is 3.08. The van der Waals surface area contributed by atoms with Crippen LogP contribution in [0.2, 0.25) is 0 Å². The monoisotopic (exact) mass is 351 g/mol. The fraction of sp³-hybridized carbons (Fsp3) is 0.350. The van der Waals surface area contributed by atoms with Gasteiger partial charge in [-0.25, -0.2) is 4.98 Å². The Balaban J connectivity index is 1.49. The molecule has 2 amide bonds. The van der Waals surface area contributed by atoms with Gasteiger partial charge in [0.2, 0.25) is 12.0 Å². The van der Waals surface area contributed by atoms with Crippen LogP contribution in [0.1, 0.15) is 37.4 Å². The van der Waals surface area contributed by atoms with Gasteiger partial charge in [-0.3, -0.25) is 14.5 Å². The molecule has 0 saturated heterocycles. The van der Waals surface area contributed by atoms with Crippen molar-refractivity contribution in [3.63, 3.8) is 0 Å². The molecule has 2 heterocycles. The number of hydrogen-bond acceptors (Lipinski definition) is 4. The predicted octanol–water partition coefficient (Wildman–Crippen LogP) is 2.61. The van der Waals surface area contributed by atoms with Gasteiger partial charge in [0.05, 0.1) is 0 Å². The van der Waals surface area contributed by atoms with Crippen molar-refractivity contribution in [1.29, 1.82) is 0 Å². The molecule has 2 aromatic rings. The molecule has 1 atom stereocenters. The van der Waals surface area contributed by atoms with E-state index in [4.69, 9.17) is 4.74 Å². The topological polar surface area (TPSA) is 71.5 Å². The van der Waals surface area contributed by atoms with Gasteiger partial charge in [-0.1, -0.05) is 30.3 Å². The van der Waals surface area contributed by atoms with Gasteiger partial charge in [0, 0.05) is 30.8 Å².